The van der Waals surface area contributed by atoms with E-state index in [1.807, 2.05) is 11.8 Å². The van der Waals surface area contributed by atoms with E-state index < -0.39 is 10.0 Å². The number of sulfonamides is 1. The zero-order chi connectivity index (χ0) is 11.4. The number of piperidine rings is 1. The minimum Gasteiger partial charge on any atom is -0.317 e. The Labute approximate surface area is 102 Å². The van der Waals surface area contributed by atoms with Crippen molar-refractivity contribution in [3.05, 3.63) is 0 Å². The molecule has 2 heterocycles. The molecule has 94 valence electrons. The van der Waals surface area contributed by atoms with Gasteiger partial charge in [0.15, 0.2) is 0 Å². The summed E-state index contributed by atoms with van der Waals surface area (Å²) < 4.78 is 27.1. The van der Waals surface area contributed by atoms with Crippen LogP contribution in [-0.2, 0) is 10.0 Å². The lowest BCUT2D eigenvalue weighted by molar-refractivity contribution is 0.474. The summed E-state index contributed by atoms with van der Waals surface area (Å²) in [6.45, 7) is 1.65. The lowest BCUT2D eigenvalue weighted by Gasteiger charge is -2.27. The van der Waals surface area contributed by atoms with Crippen LogP contribution in [0.5, 0.6) is 0 Å². The molecule has 2 fully saturated rings. The van der Waals surface area contributed by atoms with Crippen LogP contribution < -0.4 is 10.0 Å². The second-order valence-corrected chi connectivity index (χ2v) is 7.72. The first kappa shape index (κ1) is 12.7. The van der Waals surface area contributed by atoms with Gasteiger partial charge in [0.25, 0.3) is 0 Å². The molecule has 0 unspecified atom stereocenters. The largest absolute Gasteiger partial charge is 0.317 e. The van der Waals surface area contributed by atoms with Crippen molar-refractivity contribution < 1.29 is 8.42 Å². The van der Waals surface area contributed by atoms with Gasteiger partial charge in [-0.15, -0.1) is 0 Å². The number of nitrogens with one attached hydrogen (secondary N) is 2. The SMILES string of the molecule is O=S(=O)(NC1CCSCC1)C1CCNCC1. The average molecular weight is 264 g/mol. The molecule has 2 aliphatic rings. The summed E-state index contributed by atoms with van der Waals surface area (Å²) >= 11 is 1.92. The molecule has 0 aliphatic carbocycles. The molecule has 0 amide bonds. The van der Waals surface area contributed by atoms with Gasteiger partial charge in [-0.25, -0.2) is 13.1 Å². The molecule has 0 aromatic carbocycles. The van der Waals surface area contributed by atoms with Gasteiger partial charge in [-0.1, -0.05) is 0 Å². The minimum atomic E-state index is -3.08. The zero-order valence-corrected chi connectivity index (χ0v) is 11.1. The summed E-state index contributed by atoms with van der Waals surface area (Å²) in [6, 6.07) is 0.182. The van der Waals surface area contributed by atoms with Crippen molar-refractivity contribution in [1.29, 1.82) is 0 Å². The smallest absolute Gasteiger partial charge is 0.214 e. The minimum absolute atomic E-state index is 0.177. The molecular formula is C10H20N2O2S2. The lowest BCUT2D eigenvalue weighted by Crippen LogP contribution is -2.46. The molecule has 0 bridgehead atoms. The van der Waals surface area contributed by atoms with E-state index in [0.717, 1.165) is 50.3 Å². The van der Waals surface area contributed by atoms with Crippen LogP contribution in [0.2, 0.25) is 0 Å². The van der Waals surface area contributed by atoms with Crippen LogP contribution in [-0.4, -0.2) is 44.3 Å². The highest BCUT2D eigenvalue weighted by Gasteiger charge is 2.29. The Kier molecular flexibility index (Phi) is 4.52. The van der Waals surface area contributed by atoms with Gasteiger partial charge < -0.3 is 5.32 Å². The molecule has 0 spiro atoms. The Morgan fingerprint density at radius 1 is 1.06 bits per heavy atom. The van der Waals surface area contributed by atoms with Crippen molar-refractivity contribution in [1.82, 2.24) is 10.0 Å². The maximum Gasteiger partial charge on any atom is 0.214 e. The van der Waals surface area contributed by atoms with Crippen LogP contribution in [0.3, 0.4) is 0 Å². The molecule has 4 nitrogen and oxygen atoms in total. The van der Waals surface area contributed by atoms with Gasteiger partial charge in [0.2, 0.25) is 10.0 Å². The molecule has 0 radical (unpaired) electrons. The average Bonchev–Trinajstić information content (AvgIpc) is 2.31. The van der Waals surface area contributed by atoms with Crippen molar-refractivity contribution in [2.24, 2.45) is 0 Å². The summed E-state index contributed by atoms with van der Waals surface area (Å²) in [5.74, 6) is 2.17. The first-order valence-electron chi connectivity index (χ1n) is 5.98. The second kappa shape index (κ2) is 5.71. The van der Waals surface area contributed by atoms with E-state index in [2.05, 4.69) is 10.0 Å². The summed E-state index contributed by atoms with van der Waals surface area (Å²) in [4.78, 5) is 0. The van der Waals surface area contributed by atoms with Crippen LogP contribution in [0.25, 0.3) is 0 Å². The highest BCUT2D eigenvalue weighted by Crippen LogP contribution is 2.20. The number of hydrogen-bond acceptors (Lipinski definition) is 4. The molecule has 2 rings (SSSR count). The van der Waals surface area contributed by atoms with Crippen molar-refractivity contribution in [3.63, 3.8) is 0 Å². The van der Waals surface area contributed by atoms with Crippen molar-refractivity contribution in [2.75, 3.05) is 24.6 Å². The summed E-state index contributed by atoms with van der Waals surface area (Å²) in [5.41, 5.74) is 0. The zero-order valence-electron chi connectivity index (χ0n) is 9.44. The molecule has 2 N–H and O–H groups in total. The Hall–Kier alpha value is 0.220. The first-order valence-corrected chi connectivity index (χ1v) is 8.68. The van der Waals surface area contributed by atoms with Crippen LogP contribution in [0.4, 0.5) is 0 Å². The number of rotatable bonds is 3. The fourth-order valence-corrected chi connectivity index (χ4v) is 5.11. The molecule has 16 heavy (non-hydrogen) atoms. The maximum atomic E-state index is 12.1. The third-order valence-electron chi connectivity index (χ3n) is 3.28. The molecule has 2 aliphatic heterocycles. The van der Waals surface area contributed by atoms with Crippen LogP contribution in [0.15, 0.2) is 0 Å². The van der Waals surface area contributed by atoms with Gasteiger partial charge in [-0.2, -0.15) is 11.8 Å². The molecular weight excluding hydrogens is 244 g/mol. The number of hydrogen-bond donors (Lipinski definition) is 2. The van der Waals surface area contributed by atoms with Crippen molar-refractivity contribution >= 4 is 21.8 Å². The first-order chi connectivity index (χ1) is 7.68. The van der Waals surface area contributed by atoms with Crippen LogP contribution >= 0.6 is 11.8 Å². The standard InChI is InChI=1S/C10H20N2O2S2/c13-16(14,10-1-5-11-6-2-10)12-9-3-7-15-8-4-9/h9-12H,1-8H2. The van der Waals surface area contributed by atoms with Crippen LogP contribution in [0, 0.1) is 0 Å². The molecule has 0 atom stereocenters. The Morgan fingerprint density at radius 2 is 1.69 bits per heavy atom. The van der Waals surface area contributed by atoms with Crippen LogP contribution in [0.1, 0.15) is 25.7 Å². The topological polar surface area (TPSA) is 58.2 Å². The van der Waals surface area contributed by atoms with E-state index in [4.69, 9.17) is 0 Å². The third-order valence-corrected chi connectivity index (χ3v) is 6.34. The van der Waals surface area contributed by atoms with E-state index in [1.165, 1.54) is 0 Å². The van der Waals surface area contributed by atoms with Gasteiger partial charge in [-0.3, -0.25) is 0 Å². The fraction of sp³-hybridized carbons (Fsp3) is 1.00. The van der Waals surface area contributed by atoms with Gasteiger partial charge in [0, 0.05) is 6.04 Å². The Morgan fingerprint density at radius 3 is 2.31 bits per heavy atom. The van der Waals surface area contributed by atoms with Gasteiger partial charge >= 0.3 is 0 Å². The molecule has 6 heteroatoms. The predicted molar refractivity (Wildman–Crippen MR) is 68.3 cm³/mol. The Balaban J connectivity index is 1.90. The molecule has 0 aromatic rings. The lowest BCUT2D eigenvalue weighted by atomic mass is 10.2. The van der Waals surface area contributed by atoms with Crippen molar-refractivity contribution in [2.45, 2.75) is 37.0 Å². The monoisotopic (exact) mass is 264 g/mol. The second-order valence-electron chi connectivity index (χ2n) is 4.50. The fourth-order valence-electron chi connectivity index (χ4n) is 2.25. The van der Waals surface area contributed by atoms with Gasteiger partial charge in [0.05, 0.1) is 5.25 Å². The third kappa shape index (κ3) is 3.35. The molecule has 0 aromatic heterocycles. The van der Waals surface area contributed by atoms with E-state index in [0.29, 0.717) is 0 Å². The summed E-state index contributed by atoms with van der Waals surface area (Å²) in [6.07, 6.45) is 3.46. The van der Waals surface area contributed by atoms with E-state index in [1.54, 1.807) is 0 Å². The summed E-state index contributed by atoms with van der Waals surface area (Å²) in [7, 11) is -3.08. The summed E-state index contributed by atoms with van der Waals surface area (Å²) in [5, 5.41) is 3.02. The van der Waals surface area contributed by atoms with E-state index in [-0.39, 0.29) is 11.3 Å². The molecule has 0 saturated carbocycles. The highest BCUT2D eigenvalue weighted by molar-refractivity contribution is 7.99. The normalized spacial score (nSPS) is 25.8. The maximum absolute atomic E-state index is 12.1. The quantitative estimate of drug-likeness (QED) is 0.782. The Bertz CT molecular complexity index is 307. The van der Waals surface area contributed by atoms with Gasteiger partial charge in [-0.05, 0) is 50.3 Å². The number of thioether (sulfide) groups is 1. The predicted octanol–water partition coefficient (Wildman–Crippen LogP) is 0.553. The van der Waals surface area contributed by atoms with E-state index >= 15 is 0 Å². The molecule has 2 saturated heterocycles. The van der Waals surface area contributed by atoms with Crippen molar-refractivity contribution in [3.8, 4) is 0 Å². The van der Waals surface area contributed by atoms with E-state index in [9.17, 15) is 8.42 Å². The van der Waals surface area contributed by atoms with Gasteiger partial charge in [0.1, 0.15) is 0 Å². The highest BCUT2D eigenvalue weighted by atomic mass is 32.2.